The Balaban J connectivity index is 1.76. The Labute approximate surface area is 127 Å². The Morgan fingerprint density at radius 3 is 2.81 bits per heavy atom. The quantitative estimate of drug-likeness (QED) is 0.842. The molecule has 21 heavy (non-hydrogen) atoms. The summed E-state index contributed by atoms with van der Waals surface area (Å²) in [6, 6.07) is 8.15. The normalized spacial score (nSPS) is 19.5. The minimum Gasteiger partial charge on any atom is -0.450 e. The molecule has 1 saturated heterocycles. The molecule has 0 bridgehead atoms. The number of nitrogens with two attached hydrogens (primary N) is 1. The van der Waals surface area contributed by atoms with Gasteiger partial charge in [0.2, 0.25) is 0 Å². The standard InChI is InChI=1S/C17H26N2O2/c1-3-21-17(20)19-11-10-14(12-19)5-4-13(2)15-6-8-16(18)9-7-15/h6-9,13-14H,3-5,10-12,18H2,1-2H3/t13?,14-/m0/s1. The molecular formula is C17H26N2O2. The second kappa shape index (κ2) is 7.34. The van der Waals surface area contributed by atoms with E-state index >= 15 is 0 Å². The number of anilines is 1. The first-order valence-electron chi connectivity index (χ1n) is 7.87. The topological polar surface area (TPSA) is 55.6 Å². The van der Waals surface area contributed by atoms with Crippen LogP contribution in [-0.2, 0) is 4.74 Å². The molecule has 0 radical (unpaired) electrons. The molecular weight excluding hydrogens is 264 g/mol. The van der Waals surface area contributed by atoms with Crippen molar-refractivity contribution in [3.63, 3.8) is 0 Å². The zero-order valence-corrected chi connectivity index (χ0v) is 13.0. The predicted octanol–water partition coefficient (Wildman–Crippen LogP) is 3.63. The third-order valence-electron chi connectivity index (χ3n) is 4.33. The molecule has 4 nitrogen and oxygen atoms in total. The molecule has 0 saturated carbocycles. The van der Waals surface area contributed by atoms with Crippen LogP contribution in [0.3, 0.4) is 0 Å². The van der Waals surface area contributed by atoms with Crippen LogP contribution in [0.1, 0.15) is 44.6 Å². The maximum absolute atomic E-state index is 11.7. The van der Waals surface area contributed by atoms with Crippen LogP contribution >= 0.6 is 0 Å². The first-order chi connectivity index (χ1) is 10.1. The van der Waals surface area contributed by atoms with Crippen molar-refractivity contribution in [1.82, 2.24) is 4.90 Å². The summed E-state index contributed by atoms with van der Waals surface area (Å²) in [6.07, 6.45) is 3.23. The molecule has 1 amide bonds. The van der Waals surface area contributed by atoms with Gasteiger partial charge in [-0.3, -0.25) is 0 Å². The summed E-state index contributed by atoms with van der Waals surface area (Å²) in [7, 11) is 0. The van der Waals surface area contributed by atoms with E-state index in [1.165, 1.54) is 5.56 Å². The van der Waals surface area contributed by atoms with Crippen LogP contribution in [0.25, 0.3) is 0 Å². The van der Waals surface area contributed by atoms with Gasteiger partial charge in [0, 0.05) is 18.8 Å². The van der Waals surface area contributed by atoms with Crippen molar-refractivity contribution in [2.24, 2.45) is 5.92 Å². The van der Waals surface area contributed by atoms with Gasteiger partial charge in [-0.15, -0.1) is 0 Å². The van der Waals surface area contributed by atoms with E-state index in [0.29, 0.717) is 18.4 Å². The lowest BCUT2D eigenvalue weighted by molar-refractivity contribution is 0.114. The van der Waals surface area contributed by atoms with Crippen molar-refractivity contribution in [2.75, 3.05) is 25.4 Å². The van der Waals surface area contributed by atoms with E-state index in [1.54, 1.807) is 0 Å². The van der Waals surface area contributed by atoms with Gasteiger partial charge in [0.15, 0.2) is 0 Å². The molecule has 1 aromatic carbocycles. The number of ether oxygens (including phenoxy) is 1. The zero-order valence-electron chi connectivity index (χ0n) is 13.0. The molecule has 1 aliphatic heterocycles. The molecule has 2 N–H and O–H groups in total. The number of likely N-dealkylation sites (tertiary alicyclic amines) is 1. The first-order valence-corrected chi connectivity index (χ1v) is 7.87. The summed E-state index contributed by atoms with van der Waals surface area (Å²) < 4.78 is 5.06. The van der Waals surface area contributed by atoms with Crippen LogP contribution in [-0.4, -0.2) is 30.7 Å². The molecule has 4 heteroatoms. The lowest BCUT2D eigenvalue weighted by Crippen LogP contribution is -2.29. The maximum atomic E-state index is 11.7. The third-order valence-corrected chi connectivity index (χ3v) is 4.33. The van der Waals surface area contributed by atoms with Gasteiger partial charge in [-0.05, 0) is 55.7 Å². The Bertz CT molecular complexity index is 458. The van der Waals surface area contributed by atoms with E-state index in [4.69, 9.17) is 10.5 Å². The molecule has 2 atom stereocenters. The van der Waals surface area contributed by atoms with Crippen LogP contribution in [0.4, 0.5) is 10.5 Å². The summed E-state index contributed by atoms with van der Waals surface area (Å²) in [5, 5.41) is 0. The summed E-state index contributed by atoms with van der Waals surface area (Å²) in [5.41, 5.74) is 7.87. The highest BCUT2D eigenvalue weighted by atomic mass is 16.6. The number of carbonyl (C=O) groups is 1. The van der Waals surface area contributed by atoms with Gasteiger partial charge < -0.3 is 15.4 Å². The van der Waals surface area contributed by atoms with Gasteiger partial charge in [-0.25, -0.2) is 4.79 Å². The number of amides is 1. The number of nitrogens with zero attached hydrogens (tertiary/aromatic N) is 1. The van der Waals surface area contributed by atoms with Crippen LogP contribution in [0.5, 0.6) is 0 Å². The molecule has 1 aromatic rings. The van der Waals surface area contributed by atoms with Gasteiger partial charge in [0.05, 0.1) is 6.61 Å². The van der Waals surface area contributed by atoms with E-state index in [9.17, 15) is 4.79 Å². The molecule has 0 aliphatic carbocycles. The fourth-order valence-electron chi connectivity index (χ4n) is 2.93. The average molecular weight is 290 g/mol. The summed E-state index contributed by atoms with van der Waals surface area (Å²) in [6.45, 7) is 6.23. The fraction of sp³-hybridized carbons (Fsp3) is 0.588. The van der Waals surface area contributed by atoms with Gasteiger partial charge in [-0.2, -0.15) is 0 Å². The summed E-state index contributed by atoms with van der Waals surface area (Å²) in [5.74, 6) is 1.13. The van der Waals surface area contributed by atoms with Crippen LogP contribution in [0, 0.1) is 5.92 Å². The second-order valence-electron chi connectivity index (χ2n) is 5.94. The molecule has 0 aromatic heterocycles. The van der Waals surface area contributed by atoms with E-state index in [2.05, 4.69) is 19.1 Å². The smallest absolute Gasteiger partial charge is 0.409 e. The molecule has 2 rings (SSSR count). The molecule has 1 heterocycles. The average Bonchev–Trinajstić information content (AvgIpc) is 2.95. The van der Waals surface area contributed by atoms with Gasteiger partial charge in [0.1, 0.15) is 0 Å². The van der Waals surface area contributed by atoms with Crippen molar-refractivity contribution < 1.29 is 9.53 Å². The summed E-state index contributed by atoms with van der Waals surface area (Å²) in [4.78, 5) is 13.5. The van der Waals surface area contributed by atoms with Crippen molar-refractivity contribution >= 4 is 11.8 Å². The van der Waals surface area contributed by atoms with Crippen molar-refractivity contribution in [2.45, 2.75) is 39.0 Å². The highest BCUT2D eigenvalue weighted by Gasteiger charge is 2.27. The first kappa shape index (κ1) is 15.7. The monoisotopic (exact) mass is 290 g/mol. The van der Waals surface area contributed by atoms with E-state index < -0.39 is 0 Å². The van der Waals surface area contributed by atoms with Crippen molar-refractivity contribution in [3.05, 3.63) is 29.8 Å². The molecule has 1 aliphatic rings. The van der Waals surface area contributed by atoms with Gasteiger partial charge in [-0.1, -0.05) is 19.1 Å². The number of benzene rings is 1. The maximum Gasteiger partial charge on any atom is 0.409 e. The van der Waals surface area contributed by atoms with Crippen LogP contribution in [0.2, 0.25) is 0 Å². The molecule has 1 unspecified atom stereocenters. The highest BCUT2D eigenvalue weighted by Crippen LogP contribution is 2.28. The van der Waals surface area contributed by atoms with E-state index in [0.717, 1.165) is 38.0 Å². The number of carbonyl (C=O) groups excluding carboxylic acids is 1. The largest absolute Gasteiger partial charge is 0.450 e. The number of nitrogen functional groups attached to an aromatic ring is 1. The summed E-state index contributed by atoms with van der Waals surface area (Å²) >= 11 is 0. The Morgan fingerprint density at radius 2 is 2.14 bits per heavy atom. The Kier molecular flexibility index (Phi) is 5.48. The SMILES string of the molecule is CCOC(=O)N1CC[C@H](CCC(C)c2ccc(N)cc2)C1. The minimum atomic E-state index is -0.161. The van der Waals surface area contributed by atoms with E-state index in [-0.39, 0.29) is 6.09 Å². The van der Waals surface area contributed by atoms with Gasteiger partial charge in [0.25, 0.3) is 0 Å². The third kappa shape index (κ3) is 4.38. The predicted molar refractivity (Wildman–Crippen MR) is 85.2 cm³/mol. The van der Waals surface area contributed by atoms with E-state index in [1.807, 2.05) is 24.0 Å². The minimum absolute atomic E-state index is 0.161. The second-order valence-corrected chi connectivity index (χ2v) is 5.94. The zero-order chi connectivity index (χ0) is 15.2. The molecule has 116 valence electrons. The van der Waals surface area contributed by atoms with Crippen molar-refractivity contribution in [1.29, 1.82) is 0 Å². The Morgan fingerprint density at radius 1 is 1.43 bits per heavy atom. The van der Waals surface area contributed by atoms with Gasteiger partial charge >= 0.3 is 6.09 Å². The highest BCUT2D eigenvalue weighted by molar-refractivity contribution is 5.67. The number of rotatable bonds is 5. The molecule has 1 fully saturated rings. The number of hydrogen-bond acceptors (Lipinski definition) is 3. The Hall–Kier alpha value is -1.71. The van der Waals surface area contributed by atoms with Crippen molar-refractivity contribution in [3.8, 4) is 0 Å². The van der Waals surface area contributed by atoms with Crippen LogP contribution in [0.15, 0.2) is 24.3 Å². The number of hydrogen-bond donors (Lipinski definition) is 1. The lowest BCUT2D eigenvalue weighted by Gasteiger charge is -2.17. The van der Waals surface area contributed by atoms with Crippen LogP contribution < -0.4 is 5.73 Å². The lowest BCUT2D eigenvalue weighted by atomic mass is 9.91. The fourth-order valence-corrected chi connectivity index (χ4v) is 2.93. The molecule has 0 spiro atoms.